The molecule has 0 aliphatic carbocycles. The molecule has 0 radical (unpaired) electrons. The minimum atomic E-state index is -0.344. The van der Waals surface area contributed by atoms with Gasteiger partial charge in [0.05, 0.1) is 11.0 Å². The Hall–Kier alpha value is -1.83. The fraction of sp³-hybridized carbons (Fsp3) is 0.133. The Labute approximate surface area is 156 Å². The fourth-order valence-electron chi connectivity index (χ4n) is 2.15. The van der Waals surface area contributed by atoms with Crippen LogP contribution < -0.4 is 5.32 Å². The summed E-state index contributed by atoms with van der Waals surface area (Å²) in [6.45, 7) is 0.404. The van der Waals surface area contributed by atoms with Gasteiger partial charge in [-0.15, -0.1) is 0 Å². The second-order valence-electron chi connectivity index (χ2n) is 5.05. The van der Waals surface area contributed by atoms with E-state index in [4.69, 9.17) is 23.2 Å². The van der Waals surface area contributed by atoms with E-state index in [1.807, 2.05) is 0 Å². The van der Waals surface area contributed by atoms with Gasteiger partial charge in [0.15, 0.2) is 11.5 Å². The van der Waals surface area contributed by atoms with Gasteiger partial charge in [-0.05, 0) is 28.1 Å². The predicted octanol–water partition coefficient (Wildman–Crippen LogP) is 3.99. The van der Waals surface area contributed by atoms with Crippen LogP contribution in [0.25, 0.3) is 0 Å². The van der Waals surface area contributed by atoms with Crippen molar-refractivity contribution in [2.45, 2.75) is 6.54 Å². The summed E-state index contributed by atoms with van der Waals surface area (Å²) in [5, 5.41) is 12.2. The smallest absolute Gasteiger partial charge is 0.278 e. The number of anilines is 1. The zero-order valence-corrected chi connectivity index (χ0v) is 15.6. The summed E-state index contributed by atoms with van der Waals surface area (Å²) in [5.41, 5.74) is 1.07. The lowest BCUT2D eigenvalue weighted by molar-refractivity contribution is 0.102. The van der Waals surface area contributed by atoms with Crippen LogP contribution in [0.3, 0.4) is 0 Å². The van der Waals surface area contributed by atoms with Gasteiger partial charge >= 0.3 is 0 Å². The zero-order chi connectivity index (χ0) is 17.3. The number of nitrogens with one attached hydrogen (secondary N) is 1. The topological polar surface area (TPSA) is 64.7 Å². The second-order valence-corrected chi connectivity index (χ2v) is 6.72. The molecule has 3 aromatic rings. The zero-order valence-electron chi connectivity index (χ0n) is 12.5. The molecule has 0 atom stereocenters. The molecular formula is C15H12BrCl2N5O. The van der Waals surface area contributed by atoms with Crippen LogP contribution in [0.2, 0.25) is 10.0 Å². The van der Waals surface area contributed by atoms with Crippen molar-refractivity contribution in [1.82, 2.24) is 19.6 Å². The molecule has 1 aromatic carbocycles. The van der Waals surface area contributed by atoms with Crippen LogP contribution in [0.5, 0.6) is 0 Å². The highest BCUT2D eigenvalue weighted by Gasteiger charge is 2.16. The molecule has 9 heteroatoms. The van der Waals surface area contributed by atoms with Crippen molar-refractivity contribution in [3.63, 3.8) is 0 Å². The van der Waals surface area contributed by atoms with Gasteiger partial charge < -0.3 is 5.32 Å². The second kappa shape index (κ2) is 6.96. The number of amides is 1. The number of nitrogens with zero attached hydrogens (tertiary/aromatic N) is 4. The molecule has 2 aromatic heterocycles. The average molecular weight is 429 g/mol. The van der Waals surface area contributed by atoms with Crippen molar-refractivity contribution in [3.8, 4) is 0 Å². The molecule has 0 bridgehead atoms. The molecule has 0 aliphatic rings. The number of carbonyl (C=O) groups excluding carboxylic acids is 1. The first-order valence-corrected chi connectivity index (χ1v) is 8.46. The van der Waals surface area contributed by atoms with Crippen molar-refractivity contribution in [1.29, 1.82) is 0 Å². The van der Waals surface area contributed by atoms with E-state index in [2.05, 4.69) is 31.4 Å². The Kier molecular flexibility index (Phi) is 4.93. The summed E-state index contributed by atoms with van der Waals surface area (Å²) in [6, 6.07) is 7.02. The van der Waals surface area contributed by atoms with E-state index in [0.717, 1.165) is 5.56 Å². The minimum absolute atomic E-state index is 0.293. The van der Waals surface area contributed by atoms with Crippen molar-refractivity contribution in [3.05, 3.63) is 62.4 Å². The summed E-state index contributed by atoms with van der Waals surface area (Å²) < 4.78 is 3.82. The van der Waals surface area contributed by atoms with Gasteiger partial charge in [-0.1, -0.05) is 29.3 Å². The fourth-order valence-corrected chi connectivity index (χ4v) is 3.22. The Bertz CT molecular complexity index is 885. The number of hydrogen-bond acceptors (Lipinski definition) is 3. The van der Waals surface area contributed by atoms with Crippen LogP contribution >= 0.6 is 39.1 Å². The van der Waals surface area contributed by atoms with Crippen molar-refractivity contribution < 1.29 is 4.79 Å². The van der Waals surface area contributed by atoms with Gasteiger partial charge in [-0.3, -0.25) is 14.2 Å². The van der Waals surface area contributed by atoms with Gasteiger partial charge in [0.25, 0.3) is 5.91 Å². The highest BCUT2D eigenvalue weighted by molar-refractivity contribution is 9.10. The third-order valence-electron chi connectivity index (χ3n) is 3.26. The van der Waals surface area contributed by atoms with E-state index in [1.165, 1.54) is 0 Å². The molecule has 1 amide bonds. The molecular weight excluding hydrogens is 417 g/mol. The molecule has 0 aliphatic heterocycles. The number of rotatable bonds is 4. The van der Waals surface area contributed by atoms with Gasteiger partial charge in [0, 0.05) is 41.1 Å². The maximum atomic E-state index is 12.2. The molecule has 124 valence electrons. The Balaban J connectivity index is 1.74. The Morgan fingerprint density at radius 3 is 2.58 bits per heavy atom. The van der Waals surface area contributed by atoms with Gasteiger partial charge in [0.1, 0.15) is 0 Å². The predicted molar refractivity (Wildman–Crippen MR) is 96.7 cm³/mol. The van der Waals surface area contributed by atoms with E-state index in [1.54, 1.807) is 53.1 Å². The van der Waals surface area contributed by atoms with Gasteiger partial charge in [0.2, 0.25) is 0 Å². The number of aromatic nitrogens is 4. The molecule has 0 saturated heterocycles. The lowest BCUT2D eigenvalue weighted by Gasteiger charge is -2.07. The Morgan fingerprint density at radius 2 is 1.96 bits per heavy atom. The molecule has 0 saturated carbocycles. The molecule has 6 nitrogen and oxygen atoms in total. The highest BCUT2D eigenvalue weighted by atomic mass is 79.9. The van der Waals surface area contributed by atoms with Crippen molar-refractivity contribution in [2.75, 3.05) is 5.32 Å². The standard InChI is InChI=1S/C15H12BrCl2N5O/c1-22-8-10(16)14(21-22)15(24)19-13-5-6-23(20-13)7-9-11(17)3-2-4-12(9)18/h2-6,8H,7H2,1H3,(H,19,20,24). The monoisotopic (exact) mass is 427 g/mol. The van der Waals surface area contributed by atoms with Crippen molar-refractivity contribution >= 4 is 50.9 Å². The summed E-state index contributed by atoms with van der Waals surface area (Å²) >= 11 is 15.6. The van der Waals surface area contributed by atoms with E-state index in [0.29, 0.717) is 32.6 Å². The van der Waals surface area contributed by atoms with Crippen LogP contribution in [0.1, 0.15) is 16.1 Å². The quantitative estimate of drug-likeness (QED) is 0.683. The summed E-state index contributed by atoms with van der Waals surface area (Å²) in [7, 11) is 1.74. The number of hydrogen-bond donors (Lipinski definition) is 1. The number of benzene rings is 1. The van der Waals surface area contributed by atoms with Crippen molar-refractivity contribution in [2.24, 2.45) is 7.05 Å². The highest BCUT2D eigenvalue weighted by Crippen LogP contribution is 2.25. The largest absolute Gasteiger partial charge is 0.304 e. The first kappa shape index (κ1) is 17.0. The third-order valence-corrected chi connectivity index (χ3v) is 4.55. The molecule has 0 fully saturated rings. The van der Waals surface area contributed by atoms with Crippen LogP contribution in [0, 0.1) is 0 Å². The third kappa shape index (κ3) is 3.63. The van der Waals surface area contributed by atoms with E-state index in [-0.39, 0.29) is 5.91 Å². The van der Waals surface area contributed by atoms with E-state index in [9.17, 15) is 4.79 Å². The Morgan fingerprint density at radius 1 is 1.25 bits per heavy atom. The molecule has 0 unspecified atom stereocenters. The summed E-state index contributed by atoms with van der Waals surface area (Å²) in [6.07, 6.45) is 3.44. The summed E-state index contributed by atoms with van der Waals surface area (Å²) in [4.78, 5) is 12.2. The molecule has 2 heterocycles. The number of halogens is 3. The number of carbonyl (C=O) groups is 1. The average Bonchev–Trinajstić information content (AvgIpc) is 3.09. The normalized spacial score (nSPS) is 10.8. The maximum Gasteiger partial charge on any atom is 0.278 e. The van der Waals surface area contributed by atoms with E-state index >= 15 is 0 Å². The minimum Gasteiger partial charge on any atom is -0.304 e. The first-order valence-electron chi connectivity index (χ1n) is 6.91. The van der Waals surface area contributed by atoms with Crippen LogP contribution in [0.4, 0.5) is 5.82 Å². The van der Waals surface area contributed by atoms with E-state index < -0.39 is 0 Å². The molecule has 3 rings (SSSR count). The van der Waals surface area contributed by atoms with Crippen LogP contribution in [-0.2, 0) is 13.6 Å². The molecule has 1 N–H and O–H groups in total. The maximum absolute atomic E-state index is 12.2. The molecule has 24 heavy (non-hydrogen) atoms. The number of aryl methyl sites for hydroxylation is 1. The summed E-state index contributed by atoms with van der Waals surface area (Å²) in [5.74, 6) is 0.0734. The van der Waals surface area contributed by atoms with Gasteiger partial charge in [-0.25, -0.2) is 0 Å². The first-order chi connectivity index (χ1) is 11.4. The lowest BCUT2D eigenvalue weighted by Crippen LogP contribution is -2.14. The van der Waals surface area contributed by atoms with Gasteiger partial charge in [-0.2, -0.15) is 10.2 Å². The lowest BCUT2D eigenvalue weighted by atomic mass is 10.2. The molecule has 0 spiro atoms. The van der Waals surface area contributed by atoms with Crippen LogP contribution in [0.15, 0.2) is 41.1 Å². The van der Waals surface area contributed by atoms with Crippen LogP contribution in [-0.4, -0.2) is 25.5 Å². The SMILES string of the molecule is Cn1cc(Br)c(C(=O)Nc2ccn(Cc3c(Cl)cccc3Cl)n2)n1.